The molecular weight excluding hydrogens is 144 g/mol. The van der Waals surface area contributed by atoms with Gasteiger partial charge in [-0.15, -0.1) is 6.42 Å². The smallest absolute Gasteiger partial charge is 0.215 e. The Morgan fingerprint density at radius 3 is 2.70 bits per heavy atom. The lowest BCUT2D eigenvalue weighted by Gasteiger charge is -2.00. The van der Waals surface area contributed by atoms with Crippen molar-refractivity contribution < 1.29 is 4.79 Å². The Morgan fingerprint density at radius 1 is 1.70 bits per heavy atom. The van der Waals surface area contributed by atoms with Crippen LogP contribution in [0.4, 0.5) is 0 Å². The summed E-state index contributed by atoms with van der Waals surface area (Å²) in [5.74, 6) is 4.08. The Morgan fingerprint density at radius 2 is 2.30 bits per heavy atom. The fourth-order valence-corrected chi connectivity index (χ4v) is 1.29. The molecule has 0 N–H and O–H groups in total. The van der Waals surface area contributed by atoms with Crippen LogP contribution in [0.1, 0.15) is 13.8 Å². The van der Waals surface area contributed by atoms with Gasteiger partial charge < -0.3 is 0 Å². The van der Waals surface area contributed by atoms with E-state index in [0.29, 0.717) is 11.7 Å². The molecule has 0 saturated heterocycles. The van der Waals surface area contributed by atoms with E-state index in [-0.39, 0.29) is 5.78 Å². The minimum Gasteiger partial charge on any atom is -0.284 e. The van der Waals surface area contributed by atoms with Gasteiger partial charge in [0.2, 0.25) is 5.78 Å². The van der Waals surface area contributed by atoms with Gasteiger partial charge in [-0.2, -0.15) is 11.8 Å². The summed E-state index contributed by atoms with van der Waals surface area (Å²) < 4.78 is 0. The molecule has 0 aromatic heterocycles. The first kappa shape index (κ1) is 9.58. The maximum atomic E-state index is 10.5. The first-order valence-corrected chi connectivity index (χ1v) is 4.39. The number of ketones is 1. The molecule has 0 amide bonds. The standard InChI is InChI=1S/C8H12OS/c1-4-8(9)6-10-5-7(2)3/h1,7H,5-6H2,2-3H3. The maximum absolute atomic E-state index is 10.5. The summed E-state index contributed by atoms with van der Waals surface area (Å²) in [4.78, 5) is 10.5. The number of carbonyl (C=O) groups is 1. The molecule has 0 aromatic rings. The van der Waals surface area contributed by atoms with E-state index in [4.69, 9.17) is 6.42 Å². The van der Waals surface area contributed by atoms with E-state index in [0.717, 1.165) is 5.75 Å². The van der Waals surface area contributed by atoms with E-state index < -0.39 is 0 Å². The second-order valence-corrected chi connectivity index (χ2v) is 3.51. The number of terminal acetylenes is 1. The number of carbonyl (C=O) groups excluding carboxylic acids is 1. The molecule has 0 heterocycles. The second kappa shape index (κ2) is 5.37. The number of hydrogen-bond donors (Lipinski definition) is 0. The predicted octanol–water partition coefficient (Wildman–Crippen LogP) is 1.58. The molecule has 0 unspecified atom stereocenters. The Hall–Kier alpha value is -0.420. The number of thioether (sulfide) groups is 1. The van der Waals surface area contributed by atoms with Crippen molar-refractivity contribution in [3.8, 4) is 12.3 Å². The van der Waals surface area contributed by atoms with Crippen molar-refractivity contribution in [1.29, 1.82) is 0 Å². The topological polar surface area (TPSA) is 17.1 Å². The molecule has 0 aliphatic rings. The fraction of sp³-hybridized carbons (Fsp3) is 0.625. The molecular formula is C8H12OS. The van der Waals surface area contributed by atoms with Gasteiger partial charge in [-0.25, -0.2) is 0 Å². The third-order valence-electron chi connectivity index (χ3n) is 0.845. The highest BCUT2D eigenvalue weighted by atomic mass is 32.2. The van der Waals surface area contributed by atoms with E-state index in [1.165, 1.54) is 0 Å². The van der Waals surface area contributed by atoms with Crippen molar-refractivity contribution in [3.05, 3.63) is 0 Å². The van der Waals surface area contributed by atoms with Crippen molar-refractivity contribution in [3.63, 3.8) is 0 Å². The van der Waals surface area contributed by atoms with Crippen molar-refractivity contribution in [2.75, 3.05) is 11.5 Å². The van der Waals surface area contributed by atoms with Crippen molar-refractivity contribution in [1.82, 2.24) is 0 Å². The van der Waals surface area contributed by atoms with Crippen LogP contribution in [-0.2, 0) is 4.79 Å². The van der Waals surface area contributed by atoms with Gasteiger partial charge in [0, 0.05) is 0 Å². The molecule has 0 bridgehead atoms. The minimum absolute atomic E-state index is 0.106. The first-order valence-electron chi connectivity index (χ1n) is 3.24. The van der Waals surface area contributed by atoms with Crippen LogP contribution in [0, 0.1) is 18.3 Å². The lowest BCUT2D eigenvalue weighted by Crippen LogP contribution is -1.99. The molecule has 0 atom stereocenters. The third kappa shape index (κ3) is 5.71. The lowest BCUT2D eigenvalue weighted by molar-refractivity contribution is -0.111. The molecule has 0 saturated carbocycles. The van der Waals surface area contributed by atoms with Crippen LogP contribution < -0.4 is 0 Å². The zero-order valence-corrected chi connectivity index (χ0v) is 7.20. The predicted molar refractivity (Wildman–Crippen MR) is 46.0 cm³/mol. The van der Waals surface area contributed by atoms with Gasteiger partial charge in [0.25, 0.3) is 0 Å². The molecule has 0 spiro atoms. The van der Waals surface area contributed by atoms with E-state index in [2.05, 4.69) is 19.8 Å². The zero-order valence-electron chi connectivity index (χ0n) is 6.39. The maximum Gasteiger partial charge on any atom is 0.215 e. The van der Waals surface area contributed by atoms with Gasteiger partial charge in [0.1, 0.15) is 0 Å². The normalized spacial score (nSPS) is 9.40. The van der Waals surface area contributed by atoms with E-state index >= 15 is 0 Å². The summed E-state index contributed by atoms with van der Waals surface area (Å²) >= 11 is 1.60. The van der Waals surface area contributed by atoms with Gasteiger partial charge in [-0.1, -0.05) is 13.8 Å². The van der Waals surface area contributed by atoms with Gasteiger partial charge >= 0.3 is 0 Å². The van der Waals surface area contributed by atoms with Crippen molar-refractivity contribution >= 4 is 17.5 Å². The number of Topliss-reactive ketones (excluding diaryl/α,β-unsaturated/α-hetero) is 1. The lowest BCUT2D eigenvalue weighted by atomic mass is 10.3. The Bertz CT molecular complexity index is 144. The van der Waals surface area contributed by atoms with Gasteiger partial charge in [-0.05, 0) is 17.6 Å². The molecule has 0 fully saturated rings. The highest BCUT2D eigenvalue weighted by molar-refractivity contribution is 7.99. The van der Waals surface area contributed by atoms with Crippen LogP contribution >= 0.6 is 11.8 Å². The van der Waals surface area contributed by atoms with Crippen LogP contribution in [0.3, 0.4) is 0 Å². The highest BCUT2D eigenvalue weighted by Crippen LogP contribution is 2.06. The molecule has 1 nitrogen and oxygen atoms in total. The zero-order chi connectivity index (χ0) is 7.98. The van der Waals surface area contributed by atoms with E-state index in [1.807, 2.05) is 0 Å². The molecule has 2 heteroatoms. The quantitative estimate of drug-likeness (QED) is 0.454. The van der Waals surface area contributed by atoms with E-state index in [1.54, 1.807) is 11.8 Å². The molecule has 0 rings (SSSR count). The van der Waals surface area contributed by atoms with Crippen LogP contribution in [0.2, 0.25) is 0 Å². The van der Waals surface area contributed by atoms with Crippen LogP contribution in [0.15, 0.2) is 0 Å². The Kier molecular flexibility index (Phi) is 5.15. The monoisotopic (exact) mass is 156 g/mol. The third-order valence-corrected chi connectivity index (χ3v) is 2.21. The summed E-state index contributed by atoms with van der Waals surface area (Å²) in [5.41, 5.74) is 0. The van der Waals surface area contributed by atoms with Crippen molar-refractivity contribution in [2.24, 2.45) is 5.92 Å². The average Bonchev–Trinajstić information content (AvgIpc) is 1.87. The number of rotatable bonds is 4. The van der Waals surface area contributed by atoms with Crippen molar-refractivity contribution in [2.45, 2.75) is 13.8 Å². The van der Waals surface area contributed by atoms with Gasteiger partial charge in [0.05, 0.1) is 5.75 Å². The SMILES string of the molecule is C#CC(=O)CSCC(C)C. The average molecular weight is 156 g/mol. The first-order chi connectivity index (χ1) is 4.66. The summed E-state index contributed by atoms with van der Waals surface area (Å²) in [6.07, 6.45) is 4.88. The summed E-state index contributed by atoms with van der Waals surface area (Å²) in [6.45, 7) is 4.24. The summed E-state index contributed by atoms with van der Waals surface area (Å²) in [5, 5.41) is 0. The van der Waals surface area contributed by atoms with Crippen LogP contribution in [0.25, 0.3) is 0 Å². The number of hydrogen-bond acceptors (Lipinski definition) is 2. The molecule has 56 valence electrons. The molecule has 0 radical (unpaired) electrons. The van der Waals surface area contributed by atoms with Gasteiger partial charge in [-0.3, -0.25) is 4.79 Å². The minimum atomic E-state index is -0.106. The largest absolute Gasteiger partial charge is 0.284 e. The molecule has 0 aliphatic heterocycles. The fourth-order valence-electron chi connectivity index (χ4n) is 0.429. The van der Waals surface area contributed by atoms with Gasteiger partial charge in [0.15, 0.2) is 0 Å². The highest BCUT2D eigenvalue weighted by Gasteiger charge is 1.97. The molecule has 10 heavy (non-hydrogen) atoms. The summed E-state index contributed by atoms with van der Waals surface area (Å²) in [7, 11) is 0. The molecule has 0 aliphatic carbocycles. The van der Waals surface area contributed by atoms with E-state index in [9.17, 15) is 4.79 Å². The van der Waals surface area contributed by atoms with Crippen LogP contribution in [0.5, 0.6) is 0 Å². The molecule has 0 aromatic carbocycles. The summed E-state index contributed by atoms with van der Waals surface area (Å²) in [6, 6.07) is 0. The Balaban J connectivity index is 3.22. The second-order valence-electron chi connectivity index (χ2n) is 2.48. The van der Waals surface area contributed by atoms with Crippen LogP contribution in [-0.4, -0.2) is 17.3 Å². The Labute approximate surface area is 66.6 Å².